The fourth-order valence-corrected chi connectivity index (χ4v) is 2.98. The van der Waals surface area contributed by atoms with Gasteiger partial charge in [-0.2, -0.15) is 0 Å². The van der Waals surface area contributed by atoms with Gasteiger partial charge in [0.2, 0.25) is 0 Å². The minimum Gasteiger partial charge on any atom is -0.508 e. The van der Waals surface area contributed by atoms with Crippen molar-refractivity contribution in [3.63, 3.8) is 0 Å². The van der Waals surface area contributed by atoms with Crippen LogP contribution in [-0.4, -0.2) is 16.5 Å². The Hall–Kier alpha value is -2.13. The smallest absolute Gasteiger partial charge is 0.123 e. The molecule has 0 heterocycles. The molecule has 0 saturated heterocycles. The third-order valence-electron chi connectivity index (χ3n) is 3.60. The van der Waals surface area contributed by atoms with E-state index >= 15 is 0 Å². The normalized spacial score (nSPS) is 10.4. The second-order valence-electron chi connectivity index (χ2n) is 4.96. The number of rotatable bonds is 6. The molecule has 0 aliphatic heterocycles. The van der Waals surface area contributed by atoms with Gasteiger partial charge in [-0.15, -0.1) is 24.9 Å². The lowest BCUT2D eigenvalue weighted by atomic mass is 9.91. The van der Waals surface area contributed by atoms with E-state index in [1.54, 1.807) is 36.0 Å². The summed E-state index contributed by atoms with van der Waals surface area (Å²) in [6, 6.07) is 9.09. The molecule has 0 saturated carbocycles. The van der Waals surface area contributed by atoms with Crippen LogP contribution in [0.4, 0.5) is 0 Å². The summed E-state index contributed by atoms with van der Waals surface area (Å²) in [6.07, 6.45) is 6.77. The summed E-state index contributed by atoms with van der Waals surface area (Å²) in [5.41, 5.74) is 3.50. The second-order valence-corrected chi connectivity index (χ2v) is 5.84. The first-order valence-electron chi connectivity index (χ1n) is 7.05. The molecule has 0 fully saturated rings. The number of allylic oxidation sites excluding steroid dienone is 2. The summed E-state index contributed by atoms with van der Waals surface area (Å²) in [6.45, 7) is 7.56. The van der Waals surface area contributed by atoms with Gasteiger partial charge in [0.05, 0.1) is 0 Å². The maximum atomic E-state index is 10.2. The molecular weight excluding hydrogens is 292 g/mol. The lowest BCUT2D eigenvalue weighted by Gasteiger charge is -2.16. The highest BCUT2D eigenvalue weighted by atomic mass is 32.2. The Morgan fingerprint density at radius 3 is 2.18 bits per heavy atom. The SMILES string of the molecule is C=CCc1c(O)ccc(-c2cc(SC)ccc2O)c1CC=C. The van der Waals surface area contributed by atoms with Gasteiger partial charge in [0.25, 0.3) is 0 Å². The number of hydrogen-bond donors (Lipinski definition) is 2. The summed E-state index contributed by atoms with van der Waals surface area (Å²) in [5, 5.41) is 20.4. The van der Waals surface area contributed by atoms with Crippen molar-refractivity contribution < 1.29 is 10.2 Å². The number of phenols is 2. The average Bonchev–Trinajstić information content (AvgIpc) is 2.52. The van der Waals surface area contributed by atoms with Gasteiger partial charge in [0.1, 0.15) is 11.5 Å². The van der Waals surface area contributed by atoms with E-state index in [1.807, 2.05) is 24.5 Å². The molecule has 2 nitrogen and oxygen atoms in total. The topological polar surface area (TPSA) is 40.5 Å². The van der Waals surface area contributed by atoms with Crippen molar-refractivity contribution in [2.24, 2.45) is 0 Å². The van der Waals surface area contributed by atoms with Gasteiger partial charge in [-0.3, -0.25) is 0 Å². The minimum atomic E-state index is 0.235. The van der Waals surface area contributed by atoms with Crippen LogP contribution in [0.5, 0.6) is 11.5 Å². The molecule has 0 aliphatic rings. The van der Waals surface area contributed by atoms with E-state index in [0.29, 0.717) is 12.8 Å². The van der Waals surface area contributed by atoms with Crippen molar-refractivity contribution in [1.29, 1.82) is 0 Å². The summed E-state index contributed by atoms with van der Waals surface area (Å²) in [4.78, 5) is 1.08. The number of phenolic OH excluding ortho intramolecular Hbond substituents is 2. The Bertz CT molecular complexity index is 705. The Morgan fingerprint density at radius 2 is 1.55 bits per heavy atom. The van der Waals surface area contributed by atoms with Gasteiger partial charge in [-0.05, 0) is 54.5 Å². The fourth-order valence-electron chi connectivity index (χ4n) is 2.54. The second kappa shape index (κ2) is 7.23. The zero-order chi connectivity index (χ0) is 16.1. The molecule has 2 N–H and O–H groups in total. The Morgan fingerprint density at radius 1 is 0.909 bits per heavy atom. The molecule has 2 aromatic rings. The summed E-state index contributed by atoms with van der Waals surface area (Å²) in [7, 11) is 0. The van der Waals surface area contributed by atoms with Crippen LogP contribution in [-0.2, 0) is 12.8 Å². The first-order chi connectivity index (χ1) is 10.6. The minimum absolute atomic E-state index is 0.235. The van der Waals surface area contributed by atoms with Crippen LogP contribution in [0, 0.1) is 0 Å². The van der Waals surface area contributed by atoms with Crippen LogP contribution in [0.25, 0.3) is 11.1 Å². The van der Waals surface area contributed by atoms with E-state index in [0.717, 1.165) is 27.1 Å². The van der Waals surface area contributed by atoms with Crippen LogP contribution in [0.2, 0.25) is 0 Å². The van der Waals surface area contributed by atoms with E-state index < -0.39 is 0 Å². The van der Waals surface area contributed by atoms with Gasteiger partial charge >= 0.3 is 0 Å². The molecular formula is C19H20O2S. The van der Waals surface area contributed by atoms with E-state index in [1.165, 1.54) is 0 Å². The summed E-state index contributed by atoms with van der Waals surface area (Å²) in [5.74, 6) is 0.486. The van der Waals surface area contributed by atoms with Gasteiger partial charge in [-0.1, -0.05) is 18.2 Å². The standard InChI is InChI=1S/C19H20O2S/c1-4-6-14-15(9-11-18(20)16(14)7-5-2)17-12-13(22-3)8-10-19(17)21/h4-5,8-12,20-21H,1-2,6-7H2,3H3. The van der Waals surface area contributed by atoms with E-state index in [9.17, 15) is 10.2 Å². The highest BCUT2D eigenvalue weighted by Crippen LogP contribution is 2.38. The molecule has 3 heteroatoms. The predicted molar refractivity (Wildman–Crippen MR) is 94.8 cm³/mol. The molecule has 0 radical (unpaired) electrons. The predicted octanol–water partition coefficient (Wildman–Crippen LogP) is 4.94. The third-order valence-corrected chi connectivity index (χ3v) is 4.32. The molecule has 0 aliphatic carbocycles. The van der Waals surface area contributed by atoms with Gasteiger partial charge in [0, 0.05) is 16.0 Å². The molecule has 0 aromatic heterocycles. The first kappa shape index (κ1) is 16.2. The fraction of sp³-hybridized carbons (Fsp3) is 0.158. The van der Waals surface area contributed by atoms with Crippen molar-refractivity contribution in [3.8, 4) is 22.6 Å². The molecule has 22 heavy (non-hydrogen) atoms. The number of thioether (sulfide) groups is 1. The molecule has 114 valence electrons. The molecule has 2 aromatic carbocycles. The third kappa shape index (κ3) is 3.20. The van der Waals surface area contributed by atoms with Crippen LogP contribution >= 0.6 is 11.8 Å². The lowest BCUT2D eigenvalue weighted by molar-refractivity contribution is 0.468. The highest BCUT2D eigenvalue weighted by molar-refractivity contribution is 7.98. The molecule has 0 atom stereocenters. The number of aromatic hydroxyl groups is 2. The van der Waals surface area contributed by atoms with Crippen molar-refractivity contribution in [2.75, 3.05) is 6.26 Å². The Labute approximate surface area is 135 Å². The van der Waals surface area contributed by atoms with Crippen molar-refractivity contribution in [2.45, 2.75) is 17.7 Å². The largest absolute Gasteiger partial charge is 0.508 e. The number of hydrogen-bond acceptors (Lipinski definition) is 3. The highest BCUT2D eigenvalue weighted by Gasteiger charge is 2.15. The molecule has 0 bridgehead atoms. The zero-order valence-electron chi connectivity index (χ0n) is 12.7. The van der Waals surface area contributed by atoms with Crippen molar-refractivity contribution >= 4 is 11.8 Å². The van der Waals surface area contributed by atoms with Crippen LogP contribution in [0.1, 0.15) is 11.1 Å². The monoisotopic (exact) mass is 312 g/mol. The Kier molecular flexibility index (Phi) is 5.34. The van der Waals surface area contributed by atoms with Gasteiger partial charge < -0.3 is 10.2 Å². The first-order valence-corrected chi connectivity index (χ1v) is 8.27. The van der Waals surface area contributed by atoms with Crippen LogP contribution in [0.3, 0.4) is 0 Å². The van der Waals surface area contributed by atoms with Crippen LogP contribution in [0.15, 0.2) is 60.5 Å². The maximum Gasteiger partial charge on any atom is 0.123 e. The lowest BCUT2D eigenvalue weighted by Crippen LogP contribution is -1.97. The van der Waals surface area contributed by atoms with E-state index in [-0.39, 0.29) is 11.5 Å². The summed E-state index contributed by atoms with van der Waals surface area (Å²) >= 11 is 1.63. The van der Waals surface area contributed by atoms with Crippen molar-refractivity contribution in [1.82, 2.24) is 0 Å². The zero-order valence-corrected chi connectivity index (χ0v) is 13.5. The summed E-state index contributed by atoms with van der Waals surface area (Å²) < 4.78 is 0. The number of benzene rings is 2. The molecule has 2 rings (SSSR count). The quantitative estimate of drug-likeness (QED) is 0.586. The average molecular weight is 312 g/mol. The molecule has 0 spiro atoms. The Balaban J connectivity index is 2.71. The van der Waals surface area contributed by atoms with E-state index in [2.05, 4.69) is 13.2 Å². The molecule has 0 unspecified atom stereocenters. The maximum absolute atomic E-state index is 10.2. The van der Waals surface area contributed by atoms with E-state index in [4.69, 9.17) is 0 Å². The molecule has 0 amide bonds. The van der Waals surface area contributed by atoms with Crippen LogP contribution < -0.4 is 0 Å². The van der Waals surface area contributed by atoms with Gasteiger partial charge in [0.15, 0.2) is 0 Å². The van der Waals surface area contributed by atoms with Crippen molar-refractivity contribution in [3.05, 3.63) is 66.8 Å². The van der Waals surface area contributed by atoms with Gasteiger partial charge in [-0.25, -0.2) is 0 Å².